The van der Waals surface area contributed by atoms with Gasteiger partial charge >= 0.3 is 23.7 Å². The first-order valence-corrected chi connectivity index (χ1v) is 12.4. The Bertz CT molecular complexity index is 550. The summed E-state index contributed by atoms with van der Waals surface area (Å²) in [4.78, 5) is 35.7. The van der Waals surface area contributed by atoms with Gasteiger partial charge in [-0.05, 0) is 6.42 Å². The van der Waals surface area contributed by atoms with E-state index in [4.69, 9.17) is 14.6 Å². The van der Waals surface area contributed by atoms with E-state index in [1.165, 1.54) is 70.6 Å². The topological polar surface area (TPSA) is 119 Å². The number of ether oxygens (including phenoxy) is 3. The lowest BCUT2D eigenvalue weighted by Gasteiger charge is -2.34. The Balaban J connectivity index is 2.03. The second-order valence-corrected chi connectivity index (χ2v) is 8.58. The van der Waals surface area contributed by atoms with Gasteiger partial charge in [-0.15, -0.1) is 0 Å². The number of aliphatic hydroxyl groups excluding tert-OH is 2. The van der Waals surface area contributed by atoms with Gasteiger partial charge in [-0.3, -0.25) is 4.79 Å². The van der Waals surface area contributed by atoms with Crippen LogP contribution in [0.25, 0.3) is 0 Å². The average Bonchev–Trinajstić information content (AvgIpc) is 2.78. The Labute approximate surface area is 192 Å². The Hall–Kier alpha value is -1.67. The van der Waals surface area contributed by atoms with Gasteiger partial charge in [0.05, 0.1) is 6.61 Å². The van der Waals surface area contributed by atoms with Crippen LogP contribution in [-0.4, -0.2) is 53.2 Å². The first kappa shape index (κ1) is 28.4. The van der Waals surface area contributed by atoms with Crippen LogP contribution in [0.3, 0.4) is 0 Å². The molecule has 1 aliphatic rings. The predicted molar refractivity (Wildman–Crippen MR) is 119 cm³/mol. The molecular weight excluding hydrogens is 416 g/mol. The Kier molecular flexibility index (Phi) is 15.0. The minimum Gasteiger partial charge on any atom is -0.442 e. The molecule has 0 spiro atoms. The Morgan fingerprint density at radius 3 is 1.75 bits per heavy atom. The number of esters is 3. The summed E-state index contributed by atoms with van der Waals surface area (Å²) in [6, 6.07) is 0. The first-order chi connectivity index (χ1) is 15.5. The summed E-state index contributed by atoms with van der Waals surface area (Å²) >= 11 is 0. The van der Waals surface area contributed by atoms with Crippen LogP contribution in [0.1, 0.15) is 110 Å². The first-order valence-electron chi connectivity index (χ1n) is 12.4. The third-order valence-electron chi connectivity index (χ3n) is 5.73. The molecule has 1 heterocycles. The summed E-state index contributed by atoms with van der Waals surface area (Å²) in [5, 5.41) is 18.4. The van der Waals surface area contributed by atoms with E-state index in [0.29, 0.717) is 6.42 Å². The molecule has 0 aromatic carbocycles. The van der Waals surface area contributed by atoms with Crippen LogP contribution in [0.15, 0.2) is 0 Å². The van der Waals surface area contributed by atoms with Crippen molar-refractivity contribution in [3.8, 4) is 0 Å². The van der Waals surface area contributed by atoms with Gasteiger partial charge in [-0.2, -0.15) is 0 Å². The van der Waals surface area contributed by atoms with Crippen molar-refractivity contribution in [3.05, 3.63) is 0 Å². The third-order valence-corrected chi connectivity index (χ3v) is 5.73. The molecule has 1 saturated heterocycles. The fourth-order valence-electron chi connectivity index (χ4n) is 3.72. The van der Waals surface area contributed by atoms with E-state index in [9.17, 15) is 19.5 Å². The zero-order chi connectivity index (χ0) is 23.7. The van der Waals surface area contributed by atoms with Crippen LogP contribution in [0.5, 0.6) is 0 Å². The maximum Gasteiger partial charge on any atom is 0.396 e. The standard InChI is InChI=1S/C24H42O8/c1-2-3-4-5-6-7-8-9-10-11-12-13-14-15-16-17-21(27)31-24(19-26)23(29)30-20(18-25)22(28)32-24/h20,25-26H,2-19H2,1H3. The van der Waals surface area contributed by atoms with Crippen LogP contribution in [0, 0.1) is 0 Å². The minimum absolute atomic E-state index is 0.0499. The molecule has 2 atom stereocenters. The number of carbonyl (C=O) groups is 3. The zero-order valence-electron chi connectivity index (χ0n) is 19.6. The maximum atomic E-state index is 12.0. The fourth-order valence-corrected chi connectivity index (χ4v) is 3.72. The van der Waals surface area contributed by atoms with Crippen molar-refractivity contribution in [1.82, 2.24) is 0 Å². The molecule has 0 aromatic rings. The molecule has 8 nitrogen and oxygen atoms in total. The highest BCUT2D eigenvalue weighted by molar-refractivity contribution is 5.91. The average molecular weight is 459 g/mol. The summed E-state index contributed by atoms with van der Waals surface area (Å²) in [6.45, 7) is 0.450. The number of unbranched alkanes of at least 4 members (excludes halogenated alkanes) is 14. The zero-order valence-corrected chi connectivity index (χ0v) is 19.6. The second-order valence-electron chi connectivity index (χ2n) is 8.58. The lowest BCUT2D eigenvalue weighted by Crippen LogP contribution is -2.59. The van der Waals surface area contributed by atoms with Gasteiger partial charge in [-0.25, -0.2) is 9.59 Å². The van der Waals surface area contributed by atoms with Gasteiger partial charge < -0.3 is 24.4 Å². The van der Waals surface area contributed by atoms with Crippen LogP contribution in [0.2, 0.25) is 0 Å². The van der Waals surface area contributed by atoms with Crippen molar-refractivity contribution in [1.29, 1.82) is 0 Å². The van der Waals surface area contributed by atoms with Crippen molar-refractivity contribution >= 4 is 17.9 Å². The second kappa shape index (κ2) is 16.9. The molecule has 0 aliphatic carbocycles. The molecule has 0 saturated carbocycles. The van der Waals surface area contributed by atoms with Gasteiger partial charge in [0.15, 0.2) is 0 Å². The molecule has 32 heavy (non-hydrogen) atoms. The largest absolute Gasteiger partial charge is 0.442 e. The smallest absolute Gasteiger partial charge is 0.396 e. The van der Waals surface area contributed by atoms with Crippen LogP contribution in [-0.2, 0) is 28.6 Å². The SMILES string of the molecule is CCCCCCCCCCCCCCCCCC(=O)OC1(CO)OC(=O)C(CO)OC1=O. The molecule has 0 amide bonds. The van der Waals surface area contributed by atoms with E-state index in [1.54, 1.807) is 0 Å². The van der Waals surface area contributed by atoms with Gasteiger partial charge in [0, 0.05) is 6.42 Å². The van der Waals surface area contributed by atoms with Crippen molar-refractivity contribution in [2.24, 2.45) is 0 Å². The van der Waals surface area contributed by atoms with E-state index in [0.717, 1.165) is 19.3 Å². The van der Waals surface area contributed by atoms with E-state index in [1.807, 2.05) is 0 Å². The Morgan fingerprint density at radius 1 is 0.844 bits per heavy atom. The monoisotopic (exact) mass is 458 g/mol. The molecular formula is C24H42O8. The van der Waals surface area contributed by atoms with Crippen LogP contribution < -0.4 is 0 Å². The highest BCUT2D eigenvalue weighted by Gasteiger charge is 2.54. The van der Waals surface area contributed by atoms with E-state index in [2.05, 4.69) is 11.7 Å². The molecule has 1 rings (SSSR count). The summed E-state index contributed by atoms with van der Waals surface area (Å²) in [6.07, 6.45) is 16.7. The molecule has 2 N–H and O–H groups in total. The molecule has 2 unspecified atom stereocenters. The van der Waals surface area contributed by atoms with E-state index >= 15 is 0 Å². The maximum absolute atomic E-state index is 12.0. The van der Waals surface area contributed by atoms with Gasteiger partial charge in [0.2, 0.25) is 6.10 Å². The lowest BCUT2D eigenvalue weighted by molar-refractivity contribution is -0.271. The van der Waals surface area contributed by atoms with E-state index in [-0.39, 0.29) is 6.42 Å². The van der Waals surface area contributed by atoms with Crippen molar-refractivity contribution < 1.29 is 38.8 Å². The summed E-state index contributed by atoms with van der Waals surface area (Å²) in [5.74, 6) is -5.50. The normalized spacial score (nSPS) is 20.7. The van der Waals surface area contributed by atoms with Crippen LogP contribution in [0.4, 0.5) is 0 Å². The molecule has 0 bridgehead atoms. The molecule has 0 radical (unpaired) electrons. The number of hydrogen-bond donors (Lipinski definition) is 2. The number of cyclic esters (lactones) is 2. The molecule has 0 aromatic heterocycles. The van der Waals surface area contributed by atoms with E-state index < -0.39 is 43.0 Å². The number of aliphatic hydroxyl groups is 2. The molecule has 186 valence electrons. The van der Waals surface area contributed by atoms with Crippen molar-refractivity contribution in [3.63, 3.8) is 0 Å². The van der Waals surface area contributed by atoms with Gasteiger partial charge in [0.1, 0.15) is 6.61 Å². The van der Waals surface area contributed by atoms with Gasteiger partial charge in [-0.1, -0.05) is 96.8 Å². The van der Waals surface area contributed by atoms with Crippen LogP contribution >= 0.6 is 0 Å². The van der Waals surface area contributed by atoms with Gasteiger partial charge in [0.25, 0.3) is 0 Å². The minimum atomic E-state index is -2.48. The number of hydrogen-bond acceptors (Lipinski definition) is 8. The molecule has 1 fully saturated rings. The Morgan fingerprint density at radius 2 is 1.31 bits per heavy atom. The number of carbonyl (C=O) groups excluding carboxylic acids is 3. The highest BCUT2D eigenvalue weighted by atomic mass is 16.8. The summed E-state index contributed by atoms with van der Waals surface area (Å²) in [7, 11) is 0. The van der Waals surface area contributed by atoms with Crippen molar-refractivity contribution in [2.75, 3.05) is 13.2 Å². The van der Waals surface area contributed by atoms with Crippen molar-refractivity contribution in [2.45, 2.75) is 122 Å². The lowest BCUT2D eigenvalue weighted by atomic mass is 10.0. The predicted octanol–water partition coefficient (Wildman–Crippen LogP) is 3.94. The third kappa shape index (κ3) is 10.8. The highest BCUT2D eigenvalue weighted by Crippen LogP contribution is 2.24. The number of rotatable bonds is 19. The molecule has 8 heteroatoms. The fraction of sp³-hybridized carbons (Fsp3) is 0.875. The summed E-state index contributed by atoms with van der Waals surface area (Å²) < 4.78 is 14.4. The quantitative estimate of drug-likeness (QED) is 0.221. The molecule has 1 aliphatic heterocycles. The summed E-state index contributed by atoms with van der Waals surface area (Å²) in [5.41, 5.74) is 0.